The molecule has 0 bridgehead atoms. The first kappa shape index (κ1) is 22.7. The van der Waals surface area contributed by atoms with Gasteiger partial charge in [-0.2, -0.15) is 14.0 Å². The van der Waals surface area contributed by atoms with Crippen molar-refractivity contribution in [2.45, 2.75) is 44.9 Å². The van der Waals surface area contributed by atoms with Crippen LogP contribution >= 0.6 is 0 Å². The molecule has 8 nitrogen and oxygen atoms in total. The minimum absolute atomic E-state index is 0.00807. The van der Waals surface area contributed by atoms with Gasteiger partial charge in [-0.05, 0) is 78.9 Å². The summed E-state index contributed by atoms with van der Waals surface area (Å²) in [5.41, 5.74) is 3.46. The molecule has 2 heterocycles. The number of ether oxygens (including phenoxy) is 2. The number of benzene rings is 2. The number of aromatic nitrogens is 5. The van der Waals surface area contributed by atoms with Crippen LogP contribution in [0.25, 0.3) is 11.4 Å². The van der Waals surface area contributed by atoms with E-state index in [2.05, 4.69) is 30.5 Å². The first-order valence-corrected chi connectivity index (χ1v) is 11.4. The third-order valence-corrected chi connectivity index (χ3v) is 5.90. The molecule has 0 radical (unpaired) electrons. The van der Waals surface area contributed by atoms with Crippen LogP contribution in [0.4, 0.5) is 20.2 Å². The topological polar surface area (TPSA) is 89.1 Å². The molecule has 1 aliphatic carbocycles. The molecule has 2 aromatic heterocycles. The number of H-pyrrole nitrogens is 1. The van der Waals surface area contributed by atoms with Gasteiger partial charge in [-0.25, -0.2) is 0 Å². The Morgan fingerprint density at radius 1 is 1.00 bits per heavy atom. The van der Waals surface area contributed by atoms with Gasteiger partial charge in [-0.3, -0.25) is 4.98 Å². The van der Waals surface area contributed by atoms with Gasteiger partial charge in [0.15, 0.2) is 11.5 Å². The van der Waals surface area contributed by atoms with Crippen molar-refractivity contribution in [3.63, 3.8) is 0 Å². The Morgan fingerprint density at radius 2 is 1.80 bits per heavy atom. The lowest BCUT2D eigenvalue weighted by molar-refractivity contribution is -0.0520. The van der Waals surface area contributed by atoms with Gasteiger partial charge in [0.1, 0.15) is 0 Å². The highest BCUT2D eigenvalue weighted by atomic mass is 19.3. The maximum atomic E-state index is 13.1. The van der Waals surface area contributed by atoms with Crippen molar-refractivity contribution < 1.29 is 18.3 Å². The molecule has 0 atom stereocenters. The Balaban J connectivity index is 1.51. The molecule has 180 valence electrons. The molecular formula is C25H24F2N6O2. The molecule has 0 unspecified atom stereocenters. The zero-order valence-corrected chi connectivity index (χ0v) is 18.8. The molecule has 35 heavy (non-hydrogen) atoms. The van der Waals surface area contributed by atoms with E-state index in [1.54, 1.807) is 24.5 Å². The summed E-state index contributed by atoms with van der Waals surface area (Å²) in [5.74, 6) is 0.842. The van der Waals surface area contributed by atoms with E-state index in [4.69, 9.17) is 9.47 Å². The highest BCUT2D eigenvalue weighted by Gasteiger charge is 2.22. The van der Waals surface area contributed by atoms with E-state index in [1.807, 2.05) is 36.4 Å². The van der Waals surface area contributed by atoms with E-state index in [-0.39, 0.29) is 11.9 Å². The molecule has 2 aromatic carbocycles. The van der Waals surface area contributed by atoms with Gasteiger partial charge in [-0.1, -0.05) is 6.07 Å². The summed E-state index contributed by atoms with van der Waals surface area (Å²) in [7, 11) is 0. The molecule has 5 rings (SSSR count). The third kappa shape index (κ3) is 5.53. The number of rotatable bonds is 9. The Hall–Kier alpha value is -4.08. The van der Waals surface area contributed by atoms with Gasteiger partial charge in [0.2, 0.25) is 5.82 Å². The molecule has 0 saturated heterocycles. The van der Waals surface area contributed by atoms with Gasteiger partial charge < -0.3 is 14.4 Å². The number of nitrogens with one attached hydrogen (secondary N) is 1. The van der Waals surface area contributed by atoms with Crippen molar-refractivity contribution in [2.75, 3.05) is 4.90 Å². The van der Waals surface area contributed by atoms with E-state index in [0.29, 0.717) is 18.1 Å². The number of pyridine rings is 1. The average molecular weight is 479 g/mol. The summed E-state index contributed by atoms with van der Waals surface area (Å²) < 4.78 is 37.0. The second kappa shape index (κ2) is 10.5. The van der Waals surface area contributed by atoms with Gasteiger partial charge in [0, 0.05) is 41.9 Å². The SMILES string of the molecule is FC(F)Oc1ccc(N(Cc2cccnc2)c2ccc(-c3nn[nH]n3)cc2)cc1OC1CCCC1. The van der Waals surface area contributed by atoms with Crippen LogP contribution in [-0.2, 0) is 6.54 Å². The molecule has 0 aliphatic heterocycles. The summed E-state index contributed by atoms with van der Waals surface area (Å²) in [6.45, 7) is -2.43. The number of anilines is 2. The summed E-state index contributed by atoms with van der Waals surface area (Å²) in [6, 6.07) is 16.6. The van der Waals surface area contributed by atoms with Crippen LogP contribution in [-0.4, -0.2) is 38.3 Å². The highest BCUT2D eigenvalue weighted by molar-refractivity contribution is 5.69. The minimum atomic E-state index is -2.93. The number of halogens is 2. The zero-order valence-electron chi connectivity index (χ0n) is 18.8. The first-order chi connectivity index (χ1) is 17.2. The van der Waals surface area contributed by atoms with Crippen molar-refractivity contribution in [1.29, 1.82) is 0 Å². The lowest BCUT2D eigenvalue weighted by Crippen LogP contribution is -2.18. The van der Waals surface area contributed by atoms with E-state index in [9.17, 15) is 8.78 Å². The largest absolute Gasteiger partial charge is 0.486 e. The number of tetrazole rings is 1. The molecule has 1 aliphatic rings. The molecule has 0 amide bonds. The van der Waals surface area contributed by atoms with Crippen molar-refractivity contribution in [1.82, 2.24) is 25.6 Å². The quantitative estimate of drug-likeness (QED) is 0.339. The average Bonchev–Trinajstić information content (AvgIpc) is 3.59. The molecule has 4 aromatic rings. The predicted molar refractivity (Wildman–Crippen MR) is 126 cm³/mol. The second-order valence-electron chi connectivity index (χ2n) is 8.26. The van der Waals surface area contributed by atoms with Crippen molar-refractivity contribution in [2.24, 2.45) is 0 Å². The normalized spacial score (nSPS) is 13.8. The summed E-state index contributed by atoms with van der Waals surface area (Å²) in [6.07, 6.45) is 7.43. The Kier molecular flexibility index (Phi) is 6.78. The maximum absolute atomic E-state index is 13.1. The van der Waals surface area contributed by atoms with Gasteiger partial charge >= 0.3 is 6.61 Å². The fraction of sp³-hybridized carbons (Fsp3) is 0.280. The van der Waals surface area contributed by atoms with Crippen LogP contribution in [0, 0.1) is 0 Å². The summed E-state index contributed by atoms with van der Waals surface area (Å²) in [4.78, 5) is 6.28. The third-order valence-electron chi connectivity index (χ3n) is 5.90. The molecule has 0 spiro atoms. The standard InChI is InChI=1S/C25H24F2N6O2/c26-25(27)35-22-12-11-20(14-23(22)34-21-5-1-2-6-21)33(16-17-4-3-13-28-15-17)19-9-7-18(8-10-19)24-29-31-32-30-24/h3-4,7-15,21,25H,1-2,5-6,16H2,(H,29,30,31,32). The fourth-order valence-electron chi connectivity index (χ4n) is 4.22. The monoisotopic (exact) mass is 478 g/mol. The van der Waals surface area contributed by atoms with Crippen LogP contribution < -0.4 is 14.4 Å². The van der Waals surface area contributed by atoms with Gasteiger partial charge in [0.05, 0.1) is 6.10 Å². The fourth-order valence-corrected chi connectivity index (χ4v) is 4.22. The Morgan fingerprint density at radius 3 is 2.49 bits per heavy atom. The van der Waals surface area contributed by atoms with E-state index < -0.39 is 6.61 Å². The molecule has 1 fully saturated rings. The summed E-state index contributed by atoms with van der Waals surface area (Å²) in [5, 5.41) is 14.1. The number of nitrogens with zero attached hydrogens (tertiary/aromatic N) is 5. The molecule has 1 N–H and O–H groups in total. The number of hydrogen-bond acceptors (Lipinski definition) is 7. The zero-order chi connectivity index (χ0) is 24.0. The van der Waals surface area contributed by atoms with E-state index >= 15 is 0 Å². The smallest absolute Gasteiger partial charge is 0.387 e. The predicted octanol–water partition coefficient (Wildman–Crippen LogP) is 5.52. The van der Waals surface area contributed by atoms with Crippen molar-refractivity contribution in [3.8, 4) is 22.9 Å². The molecule has 1 saturated carbocycles. The minimum Gasteiger partial charge on any atom is -0.486 e. The van der Waals surface area contributed by atoms with Crippen LogP contribution in [0.1, 0.15) is 31.2 Å². The molecule has 10 heteroatoms. The lowest BCUT2D eigenvalue weighted by atomic mass is 10.1. The Bertz CT molecular complexity index is 1220. The number of alkyl halides is 2. The van der Waals surface area contributed by atoms with Crippen molar-refractivity contribution in [3.05, 3.63) is 72.6 Å². The lowest BCUT2D eigenvalue weighted by Gasteiger charge is -2.27. The second-order valence-corrected chi connectivity index (χ2v) is 8.26. The highest BCUT2D eigenvalue weighted by Crippen LogP contribution is 2.38. The maximum Gasteiger partial charge on any atom is 0.387 e. The summed E-state index contributed by atoms with van der Waals surface area (Å²) >= 11 is 0. The van der Waals surface area contributed by atoms with E-state index in [0.717, 1.165) is 48.2 Å². The van der Waals surface area contributed by atoms with Crippen LogP contribution in [0.5, 0.6) is 11.5 Å². The van der Waals surface area contributed by atoms with Crippen LogP contribution in [0.3, 0.4) is 0 Å². The Labute approximate surface area is 200 Å². The molecular weight excluding hydrogens is 454 g/mol. The van der Waals surface area contributed by atoms with E-state index in [1.165, 1.54) is 6.07 Å². The van der Waals surface area contributed by atoms with Gasteiger partial charge in [0.25, 0.3) is 0 Å². The van der Waals surface area contributed by atoms with Crippen LogP contribution in [0.2, 0.25) is 0 Å². The van der Waals surface area contributed by atoms with Crippen LogP contribution in [0.15, 0.2) is 67.0 Å². The number of hydrogen-bond donors (Lipinski definition) is 1. The van der Waals surface area contributed by atoms with Gasteiger partial charge in [-0.15, -0.1) is 10.2 Å². The van der Waals surface area contributed by atoms with Crippen molar-refractivity contribution >= 4 is 11.4 Å². The number of aromatic amines is 1. The first-order valence-electron chi connectivity index (χ1n) is 11.4.